The molecule has 1 unspecified atom stereocenters. The number of benzene rings is 1. The molecule has 1 aromatic carbocycles. The van der Waals surface area contributed by atoms with Gasteiger partial charge in [0.1, 0.15) is 5.82 Å². The van der Waals surface area contributed by atoms with E-state index in [2.05, 4.69) is 15.9 Å². The van der Waals surface area contributed by atoms with Crippen molar-refractivity contribution in [2.24, 2.45) is 5.92 Å². The second-order valence-corrected chi connectivity index (χ2v) is 5.07. The van der Waals surface area contributed by atoms with Gasteiger partial charge in [0, 0.05) is 17.4 Å². The van der Waals surface area contributed by atoms with Gasteiger partial charge < -0.3 is 0 Å². The fourth-order valence-corrected chi connectivity index (χ4v) is 2.43. The van der Waals surface area contributed by atoms with E-state index in [1.807, 2.05) is 6.92 Å². The lowest BCUT2D eigenvalue weighted by Crippen LogP contribution is -2.33. The number of nitrogens with zero attached hydrogens (tertiary/aromatic N) is 1. The molecule has 0 spiro atoms. The summed E-state index contributed by atoms with van der Waals surface area (Å²) >= 11 is 3.13. The Morgan fingerprint density at radius 3 is 2.76 bits per heavy atom. The van der Waals surface area contributed by atoms with E-state index in [1.165, 1.54) is 12.1 Å². The number of amides is 2. The van der Waals surface area contributed by atoms with Crippen LogP contribution in [0.5, 0.6) is 0 Å². The molecule has 0 radical (unpaired) electrons. The number of imide groups is 1. The van der Waals surface area contributed by atoms with E-state index in [-0.39, 0.29) is 17.4 Å². The van der Waals surface area contributed by atoms with Crippen LogP contribution in [-0.2, 0) is 4.79 Å². The molecule has 90 valence electrons. The molecule has 1 saturated heterocycles. The van der Waals surface area contributed by atoms with Crippen molar-refractivity contribution in [1.82, 2.24) is 4.90 Å². The van der Waals surface area contributed by atoms with Crippen molar-refractivity contribution in [2.45, 2.75) is 13.3 Å². The average Bonchev–Trinajstić information content (AvgIpc) is 2.57. The molecule has 0 saturated carbocycles. The number of hydrogen-bond acceptors (Lipinski definition) is 2. The maximum Gasteiger partial charge on any atom is 0.264 e. The summed E-state index contributed by atoms with van der Waals surface area (Å²) in [6.45, 7) is 2.25. The smallest absolute Gasteiger partial charge is 0.264 e. The van der Waals surface area contributed by atoms with E-state index < -0.39 is 11.7 Å². The summed E-state index contributed by atoms with van der Waals surface area (Å²) in [6.07, 6.45) is 0.345. The molecule has 2 rings (SSSR count). The van der Waals surface area contributed by atoms with Gasteiger partial charge in [0.25, 0.3) is 5.91 Å². The second-order valence-electron chi connectivity index (χ2n) is 4.22. The minimum atomic E-state index is -0.614. The quantitative estimate of drug-likeness (QED) is 0.748. The topological polar surface area (TPSA) is 37.4 Å². The third-order valence-corrected chi connectivity index (χ3v) is 3.40. The molecule has 1 aliphatic heterocycles. The first-order valence-electron chi connectivity index (χ1n) is 5.29. The van der Waals surface area contributed by atoms with Crippen molar-refractivity contribution in [2.75, 3.05) is 6.54 Å². The second kappa shape index (κ2) is 4.56. The summed E-state index contributed by atoms with van der Waals surface area (Å²) in [4.78, 5) is 24.8. The Morgan fingerprint density at radius 1 is 1.53 bits per heavy atom. The SMILES string of the molecule is CC1CC(=O)N(C(=O)c2c(F)cccc2Br)C1. The van der Waals surface area contributed by atoms with E-state index in [4.69, 9.17) is 0 Å². The Labute approximate surface area is 107 Å². The number of carbonyl (C=O) groups is 2. The highest BCUT2D eigenvalue weighted by Gasteiger charge is 2.33. The Balaban J connectivity index is 2.35. The molecule has 5 heteroatoms. The van der Waals surface area contributed by atoms with Gasteiger partial charge in [-0.05, 0) is 34.0 Å². The van der Waals surface area contributed by atoms with Crippen LogP contribution in [0.1, 0.15) is 23.7 Å². The zero-order chi connectivity index (χ0) is 12.6. The molecular weight excluding hydrogens is 289 g/mol. The molecular formula is C12H11BrFNO2. The molecule has 3 nitrogen and oxygen atoms in total. The van der Waals surface area contributed by atoms with Crippen LogP contribution in [0.15, 0.2) is 22.7 Å². The maximum atomic E-state index is 13.6. The lowest BCUT2D eigenvalue weighted by molar-refractivity contribution is -0.125. The van der Waals surface area contributed by atoms with E-state index in [0.29, 0.717) is 17.4 Å². The minimum absolute atomic E-state index is 0.0741. The lowest BCUT2D eigenvalue weighted by atomic mass is 10.1. The first kappa shape index (κ1) is 12.2. The van der Waals surface area contributed by atoms with Gasteiger partial charge in [0.2, 0.25) is 5.91 Å². The standard InChI is InChI=1S/C12H11BrFNO2/c1-7-5-10(16)15(6-7)12(17)11-8(13)3-2-4-9(11)14/h2-4,7H,5-6H2,1H3. The summed E-state index contributed by atoms with van der Waals surface area (Å²) in [5.41, 5.74) is -0.0741. The Bertz CT molecular complexity index is 469. The lowest BCUT2D eigenvalue weighted by Gasteiger charge is -2.15. The summed E-state index contributed by atoms with van der Waals surface area (Å²) in [7, 11) is 0. The van der Waals surface area contributed by atoms with Crippen LogP contribution >= 0.6 is 15.9 Å². The van der Waals surface area contributed by atoms with Gasteiger partial charge in [-0.15, -0.1) is 0 Å². The zero-order valence-corrected chi connectivity index (χ0v) is 10.8. The summed E-state index contributed by atoms with van der Waals surface area (Å²) in [5, 5.41) is 0. The highest BCUT2D eigenvalue weighted by atomic mass is 79.9. The van der Waals surface area contributed by atoms with Crippen LogP contribution in [0.4, 0.5) is 4.39 Å². The van der Waals surface area contributed by atoms with Crippen molar-refractivity contribution in [3.05, 3.63) is 34.1 Å². The van der Waals surface area contributed by atoms with E-state index >= 15 is 0 Å². The first-order chi connectivity index (χ1) is 8.00. The Hall–Kier alpha value is -1.23. The van der Waals surface area contributed by atoms with Crippen molar-refractivity contribution >= 4 is 27.7 Å². The summed E-state index contributed by atoms with van der Waals surface area (Å²) < 4.78 is 14.0. The fourth-order valence-electron chi connectivity index (χ4n) is 1.92. The third kappa shape index (κ3) is 2.24. The van der Waals surface area contributed by atoms with E-state index in [9.17, 15) is 14.0 Å². The largest absolute Gasteiger partial charge is 0.278 e. The zero-order valence-electron chi connectivity index (χ0n) is 9.24. The van der Waals surface area contributed by atoms with Gasteiger partial charge in [-0.2, -0.15) is 0 Å². The van der Waals surface area contributed by atoms with Crippen LogP contribution in [-0.4, -0.2) is 23.3 Å². The van der Waals surface area contributed by atoms with Gasteiger partial charge in [-0.1, -0.05) is 13.0 Å². The molecule has 1 atom stereocenters. The minimum Gasteiger partial charge on any atom is -0.278 e. The fraction of sp³-hybridized carbons (Fsp3) is 0.333. The highest BCUT2D eigenvalue weighted by molar-refractivity contribution is 9.10. The third-order valence-electron chi connectivity index (χ3n) is 2.74. The predicted octanol–water partition coefficient (Wildman–Crippen LogP) is 2.60. The molecule has 1 aliphatic rings. The van der Waals surface area contributed by atoms with Crippen LogP contribution in [0.2, 0.25) is 0 Å². The first-order valence-corrected chi connectivity index (χ1v) is 6.08. The van der Waals surface area contributed by atoms with Crippen molar-refractivity contribution in [3.63, 3.8) is 0 Å². The van der Waals surface area contributed by atoms with Crippen molar-refractivity contribution < 1.29 is 14.0 Å². The molecule has 0 aromatic heterocycles. The highest BCUT2D eigenvalue weighted by Crippen LogP contribution is 2.25. The number of hydrogen-bond donors (Lipinski definition) is 0. The van der Waals surface area contributed by atoms with E-state index in [1.54, 1.807) is 6.07 Å². The van der Waals surface area contributed by atoms with Crippen LogP contribution < -0.4 is 0 Å². The van der Waals surface area contributed by atoms with Gasteiger partial charge in [-0.25, -0.2) is 4.39 Å². The van der Waals surface area contributed by atoms with Gasteiger partial charge in [0.05, 0.1) is 5.56 Å². The molecule has 1 aromatic rings. The molecule has 1 heterocycles. The van der Waals surface area contributed by atoms with Crippen LogP contribution in [0, 0.1) is 11.7 Å². The number of rotatable bonds is 1. The van der Waals surface area contributed by atoms with Crippen LogP contribution in [0.25, 0.3) is 0 Å². The molecule has 2 amide bonds. The van der Waals surface area contributed by atoms with E-state index in [0.717, 1.165) is 4.90 Å². The van der Waals surface area contributed by atoms with Gasteiger partial charge >= 0.3 is 0 Å². The van der Waals surface area contributed by atoms with Gasteiger partial charge in [-0.3, -0.25) is 14.5 Å². The monoisotopic (exact) mass is 299 g/mol. The van der Waals surface area contributed by atoms with Crippen molar-refractivity contribution in [1.29, 1.82) is 0 Å². The molecule has 0 bridgehead atoms. The predicted molar refractivity (Wildman–Crippen MR) is 63.9 cm³/mol. The number of halogens is 2. The number of likely N-dealkylation sites (tertiary alicyclic amines) is 1. The summed E-state index contributed by atoms with van der Waals surface area (Å²) in [5.74, 6) is -1.28. The molecule has 0 aliphatic carbocycles. The van der Waals surface area contributed by atoms with Crippen LogP contribution in [0.3, 0.4) is 0 Å². The molecule has 17 heavy (non-hydrogen) atoms. The van der Waals surface area contributed by atoms with Gasteiger partial charge in [0.15, 0.2) is 0 Å². The number of carbonyl (C=O) groups excluding carboxylic acids is 2. The molecule has 1 fully saturated rings. The van der Waals surface area contributed by atoms with Crippen molar-refractivity contribution in [3.8, 4) is 0 Å². The maximum absolute atomic E-state index is 13.6. The molecule has 0 N–H and O–H groups in total. The normalized spacial score (nSPS) is 19.8. The summed E-state index contributed by atoms with van der Waals surface area (Å²) in [6, 6.07) is 4.30. The Morgan fingerprint density at radius 2 is 2.24 bits per heavy atom. The average molecular weight is 300 g/mol. The Kier molecular flexibility index (Phi) is 3.28.